The van der Waals surface area contributed by atoms with Gasteiger partial charge in [0.25, 0.3) is 5.56 Å². The average molecular weight is 290 g/mol. The van der Waals surface area contributed by atoms with Crippen molar-refractivity contribution in [2.75, 3.05) is 13.2 Å². The molecule has 0 aromatic carbocycles. The van der Waals surface area contributed by atoms with Crippen LogP contribution in [0.5, 0.6) is 0 Å². The highest BCUT2D eigenvalue weighted by Crippen LogP contribution is 2.05. The van der Waals surface area contributed by atoms with Crippen LogP contribution in [-0.2, 0) is 9.47 Å². The Bertz CT molecular complexity index is 745. The Morgan fingerprint density at radius 2 is 1.81 bits per heavy atom. The van der Waals surface area contributed by atoms with E-state index in [1.807, 2.05) is 0 Å². The van der Waals surface area contributed by atoms with Crippen molar-refractivity contribution in [3.05, 3.63) is 46.0 Å². The number of rotatable bonds is 4. The number of fused-ring (bicyclic) bond motifs is 1. The summed E-state index contributed by atoms with van der Waals surface area (Å²) in [6.45, 7) is 3.71. The maximum Gasteiger partial charge on any atom is 0.345 e. The van der Waals surface area contributed by atoms with Crippen molar-refractivity contribution in [2.24, 2.45) is 0 Å². The minimum Gasteiger partial charge on any atom is -0.462 e. The lowest BCUT2D eigenvalue weighted by molar-refractivity contribution is 0.0516. The lowest BCUT2D eigenvalue weighted by Crippen LogP contribution is -2.24. The monoisotopic (exact) mass is 290 g/mol. The number of hydrogen-bond donors (Lipinski definition) is 0. The van der Waals surface area contributed by atoms with Gasteiger partial charge < -0.3 is 9.47 Å². The topological polar surface area (TPSA) is 87.0 Å². The van der Waals surface area contributed by atoms with E-state index in [9.17, 15) is 14.4 Å². The summed E-state index contributed by atoms with van der Waals surface area (Å²) in [7, 11) is 0. The predicted octanol–water partition coefficient (Wildman–Crippen LogP) is 1.05. The third-order valence-electron chi connectivity index (χ3n) is 2.71. The summed E-state index contributed by atoms with van der Waals surface area (Å²) in [5, 5.41) is 0. The van der Waals surface area contributed by atoms with E-state index in [1.165, 1.54) is 24.5 Å². The summed E-state index contributed by atoms with van der Waals surface area (Å²) in [6.07, 6.45) is 2.46. The Labute approximate surface area is 120 Å². The van der Waals surface area contributed by atoms with Crippen LogP contribution in [0.4, 0.5) is 0 Å². The van der Waals surface area contributed by atoms with E-state index in [0.29, 0.717) is 5.65 Å². The second kappa shape index (κ2) is 6.17. The van der Waals surface area contributed by atoms with E-state index >= 15 is 0 Å². The molecule has 0 N–H and O–H groups in total. The maximum absolute atomic E-state index is 12.2. The van der Waals surface area contributed by atoms with Gasteiger partial charge in [-0.15, -0.1) is 0 Å². The Hall–Kier alpha value is -2.70. The van der Waals surface area contributed by atoms with Crippen LogP contribution in [0.15, 0.2) is 29.3 Å². The lowest BCUT2D eigenvalue weighted by Gasteiger charge is -2.06. The molecule has 0 amide bonds. The van der Waals surface area contributed by atoms with E-state index in [2.05, 4.69) is 4.98 Å². The van der Waals surface area contributed by atoms with Crippen molar-refractivity contribution in [1.29, 1.82) is 0 Å². The molecule has 7 heteroatoms. The molecule has 0 spiro atoms. The van der Waals surface area contributed by atoms with Gasteiger partial charge in [-0.1, -0.05) is 0 Å². The van der Waals surface area contributed by atoms with Gasteiger partial charge in [0.1, 0.15) is 11.2 Å². The van der Waals surface area contributed by atoms with E-state index < -0.39 is 17.5 Å². The molecule has 0 saturated carbocycles. The highest BCUT2D eigenvalue weighted by Gasteiger charge is 2.15. The van der Waals surface area contributed by atoms with Crippen LogP contribution in [-0.4, -0.2) is 34.5 Å². The maximum atomic E-state index is 12.2. The van der Waals surface area contributed by atoms with Crippen molar-refractivity contribution in [2.45, 2.75) is 13.8 Å². The van der Waals surface area contributed by atoms with Crippen LogP contribution in [0.3, 0.4) is 0 Å². The molecule has 0 aliphatic rings. The summed E-state index contributed by atoms with van der Waals surface area (Å²) in [5.74, 6) is -1.29. The number of carbonyl (C=O) groups is 2. The number of hydrogen-bond acceptors (Lipinski definition) is 6. The predicted molar refractivity (Wildman–Crippen MR) is 73.4 cm³/mol. The van der Waals surface area contributed by atoms with Gasteiger partial charge in [-0.05, 0) is 26.0 Å². The molecular weight excluding hydrogens is 276 g/mol. The van der Waals surface area contributed by atoms with Gasteiger partial charge >= 0.3 is 11.9 Å². The number of nitrogens with zero attached hydrogens (tertiary/aromatic N) is 2. The van der Waals surface area contributed by atoms with E-state index in [4.69, 9.17) is 9.47 Å². The highest BCUT2D eigenvalue weighted by atomic mass is 16.5. The largest absolute Gasteiger partial charge is 0.462 e. The van der Waals surface area contributed by atoms with Gasteiger partial charge in [-0.2, -0.15) is 0 Å². The first-order valence-corrected chi connectivity index (χ1v) is 6.44. The molecule has 2 heterocycles. The number of esters is 2. The molecular formula is C14H14N2O5. The quantitative estimate of drug-likeness (QED) is 0.782. The van der Waals surface area contributed by atoms with Crippen molar-refractivity contribution in [1.82, 2.24) is 9.38 Å². The lowest BCUT2D eigenvalue weighted by atomic mass is 10.2. The first-order chi connectivity index (χ1) is 10.1. The molecule has 110 valence electrons. The number of pyridine rings is 1. The minimum atomic E-state index is -0.745. The van der Waals surface area contributed by atoms with Crippen LogP contribution >= 0.6 is 0 Å². The summed E-state index contributed by atoms with van der Waals surface area (Å²) >= 11 is 0. The van der Waals surface area contributed by atoms with Crippen LogP contribution in [0.1, 0.15) is 34.6 Å². The first-order valence-electron chi connectivity index (χ1n) is 6.44. The van der Waals surface area contributed by atoms with Gasteiger partial charge in [-0.3, -0.25) is 9.20 Å². The van der Waals surface area contributed by atoms with Gasteiger partial charge in [0, 0.05) is 12.4 Å². The number of aromatic nitrogens is 2. The SMILES string of the molecule is CCOC(=O)c1ccc2ncc(C(=O)OCC)c(=O)n2c1. The molecule has 7 nitrogen and oxygen atoms in total. The van der Waals surface area contributed by atoms with Crippen LogP contribution < -0.4 is 5.56 Å². The zero-order valence-corrected chi connectivity index (χ0v) is 11.7. The molecule has 0 radical (unpaired) electrons. The standard InChI is InChI=1S/C14H14N2O5/c1-3-20-13(18)9-5-6-11-15-7-10(14(19)21-4-2)12(17)16(11)8-9/h5-8H,3-4H2,1-2H3. The van der Waals surface area contributed by atoms with Gasteiger partial charge in [0.05, 0.1) is 18.8 Å². The highest BCUT2D eigenvalue weighted by molar-refractivity contribution is 5.90. The summed E-state index contributed by atoms with van der Waals surface area (Å²) in [6, 6.07) is 3.01. The Kier molecular flexibility index (Phi) is 4.32. The van der Waals surface area contributed by atoms with Crippen molar-refractivity contribution in [3.63, 3.8) is 0 Å². The van der Waals surface area contributed by atoms with Gasteiger partial charge in [-0.25, -0.2) is 14.6 Å². The smallest absolute Gasteiger partial charge is 0.345 e. The summed E-state index contributed by atoms with van der Waals surface area (Å²) in [5.41, 5.74) is -0.254. The third-order valence-corrected chi connectivity index (χ3v) is 2.71. The van der Waals surface area contributed by atoms with Crippen LogP contribution in [0, 0.1) is 0 Å². The number of ether oxygens (including phenoxy) is 2. The Morgan fingerprint density at radius 1 is 1.14 bits per heavy atom. The second-order valence-electron chi connectivity index (χ2n) is 4.06. The van der Waals surface area contributed by atoms with E-state index in [0.717, 1.165) is 4.40 Å². The first kappa shape index (κ1) is 14.7. The molecule has 0 saturated heterocycles. The molecule has 21 heavy (non-hydrogen) atoms. The molecule has 2 aromatic rings. The fourth-order valence-electron chi connectivity index (χ4n) is 1.76. The number of carbonyl (C=O) groups excluding carboxylic acids is 2. The molecule has 0 aliphatic carbocycles. The van der Waals surface area contributed by atoms with Crippen molar-refractivity contribution < 1.29 is 19.1 Å². The Morgan fingerprint density at radius 3 is 2.48 bits per heavy atom. The minimum absolute atomic E-state index is 0.157. The van der Waals surface area contributed by atoms with Crippen molar-refractivity contribution >= 4 is 17.6 Å². The van der Waals surface area contributed by atoms with Crippen LogP contribution in [0.25, 0.3) is 5.65 Å². The molecule has 2 rings (SSSR count). The Balaban J connectivity index is 2.54. The van der Waals surface area contributed by atoms with E-state index in [1.54, 1.807) is 13.8 Å². The normalized spacial score (nSPS) is 10.4. The molecule has 0 bridgehead atoms. The van der Waals surface area contributed by atoms with Crippen molar-refractivity contribution in [3.8, 4) is 0 Å². The molecule has 0 fully saturated rings. The molecule has 0 aliphatic heterocycles. The fourth-order valence-corrected chi connectivity index (χ4v) is 1.76. The summed E-state index contributed by atoms with van der Waals surface area (Å²) < 4.78 is 10.8. The molecule has 0 unspecified atom stereocenters. The van der Waals surface area contributed by atoms with E-state index in [-0.39, 0.29) is 24.3 Å². The third kappa shape index (κ3) is 2.91. The zero-order valence-electron chi connectivity index (χ0n) is 11.7. The zero-order chi connectivity index (χ0) is 15.4. The van der Waals surface area contributed by atoms with Gasteiger partial charge in [0.15, 0.2) is 0 Å². The molecule has 0 atom stereocenters. The van der Waals surface area contributed by atoms with Gasteiger partial charge in [0.2, 0.25) is 0 Å². The average Bonchev–Trinajstić information content (AvgIpc) is 2.48. The fraction of sp³-hybridized carbons (Fsp3) is 0.286. The molecule has 2 aromatic heterocycles. The van der Waals surface area contributed by atoms with Crippen LogP contribution in [0.2, 0.25) is 0 Å². The second-order valence-corrected chi connectivity index (χ2v) is 4.06. The summed E-state index contributed by atoms with van der Waals surface area (Å²) in [4.78, 5) is 39.6.